The van der Waals surface area contributed by atoms with Crippen LogP contribution < -0.4 is 0 Å². The average Bonchev–Trinajstić information content (AvgIpc) is 2.33. The van der Waals surface area contributed by atoms with Gasteiger partial charge in [-0.1, -0.05) is 22.6 Å². The van der Waals surface area contributed by atoms with Crippen molar-refractivity contribution in [3.8, 4) is 0 Å². The largest absolute Gasteiger partial charge is 0.351 e. The first-order valence-electron chi connectivity index (χ1n) is 3.08. The number of aromatic nitrogens is 1. The molecule has 50 valence electrons. The second-order valence-corrected chi connectivity index (χ2v) is 2.68. The molecule has 0 saturated carbocycles. The topological polar surface area (TPSA) is 4.93 Å². The first-order valence-corrected chi connectivity index (χ1v) is 4.61. The van der Waals surface area contributed by atoms with Crippen LogP contribution in [-0.4, -0.2) is 4.57 Å². The molecule has 0 amide bonds. The summed E-state index contributed by atoms with van der Waals surface area (Å²) >= 11 is 2.38. The normalized spacial score (nSPS) is 10.0. The Morgan fingerprint density at radius 2 is 2.44 bits per heavy atom. The van der Waals surface area contributed by atoms with Gasteiger partial charge in [0, 0.05) is 22.9 Å². The van der Waals surface area contributed by atoms with Crippen molar-refractivity contribution in [2.24, 2.45) is 0 Å². The van der Waals surface area contributed by atoms with Crippen molar-refractivity contribution in [3.63, 3.8) is 0 Å². The lowest BCUT2D eigenvalue weighted by Gasteiger charge is -2.00. The Morgan fingerprint density at radius 1 is 1.67 bits per heavy atom. The van der Waals surface area contributed by atoms with Gasteiger partial charge in [0.2, 0.25) is 0 Å². The van der Waals surface area contributed by atoms with E-state index in [4.69, 9.17) is 0 Å². The Morgan fingerprint density at radius 3 is 2.89 bits per heavy atom. The van der Waals surface area contributed by atoms with Crippen LogP contribution in [0, 0.1) is 0 Å². The van der Waals surface area contributed by atoms with E-state index in [1.807, 2.05) is 0 Å². The van der Waals surface area contributed by atoms with Crippen LogP contribution in [0.4, 0.5) is 0 Å². The van der Waals surface area contributed by atoms with E-state index in [0.29, 0.717) is 0 Å². The zero-order valence-electron chi connectivity index (χ0n) is 5.47. The van der Waals surface area contributed by atoms with Crippen molar-refractivity contribution in [1.29, 1.82) is 0 Å². The molecule has 0 spiro atoms. The molecule has 0 aliphatic carbocycles. The molecule has 1 nitrogen and oxygen atoms in total. The van der Waals surface area contributed by atoms with Gasteiger partial charge in [-0.3, -0.25) is 0 Å². The number of hydrogen-bond acceptors (Lipinski definition) is 0. The van der Waals surface area contributed by atoms with Crippen LogP contribution in [0.3, 0.4) is 0 Å². The second kappa shape index (κ2) is 3.25. The third kappa shape index (κ3) is 1.47. The van der Waals surface area contributed by atoms with Gasteiger partial charge < -0.3 is 4.57 Å². The van der Waals surface area contributed by atoms with E-state index < -0.39 is 0 Å². The molecule has 0 radical (unpaired) electrons. The second-order valence-electron chi connectivity index (χ2n) is 1.92. The Kier molecular flexibility index (Phi) is 2.57. The summed E-state index contributed by atoms with van der Waals surface area (Å²) in [5.74, 6) is 0. The lowest BCUT2D eigenvalue weighted by atomic mass is 10.5. The van der Waals surface area contributed by atoms with Crippen molar-refractivity contribution in [3.05, 3.63) is 24.0 Å². The SMILES string of the molecule is CCn1cccc1CI. The van der Waals surface area contributed by atoms with Crippen LogP contribution in [0.15, 0.2) is 18.3 Å². The molecule has 9 heavy (non-hydrogen) atoms. The maximum Gasteiger partial charge on any atom is 0.0400 e. The molecule has 0 atom stereocenters. The molecule has 0 fully saturated rings. The zero-order valence-corrected chi connectivity index (χ0v) is 7.63. The van der Waals surface area contributed by atoms with Gasteiger partial charge in [0.05, 0.1) is 0 Å². The summed E-state index contributed by atoms with van der Waals surface area (Å²) in [7, 11) is 0. The molecule has 0 aliphatic rings. The highest BCUT2D eigenvalue weighted by molar-refractivity contribution is 14.1. The molecule has 1 aromatic rings. The first kappa shape index (κ1) is 7.12. The van der Waals surface area contributed by atoms with Gasteiger partial charge in [-0.2, -0.15) is 0 Å². The average molecular weight is 235 g/mol. The molecule has 0 N–H and O–H groups in total. The summed E-state index contributed by atoms with van der Waals surface area (Å²) in [6.45, 7) is 3.25. The zero-order chi connectivity index (χ0) is 6.69. The number of aryl methyl sites for hydroxylation is 1. The van der Waals surface area contributed by atoms with Gasteiger partial charge in [-0.05, 0) is 19.1 Å². The van der Waals surface area contributed by atoms with Crippen LogP contribution in [0.1, 0.15) is 12.6 Å². The van der Waals surface area contributed by atoms with Gasteiger partial charge in [0.25, 0.3) is 0 Å². The highest BCUT2D eigenvalue weighted by Gasteiger charge is 1.93. The third-order valence-corrected chi connectivity index (χ3v) is 2.18. The fourth-order valence-corrected chi connectivity index (χ4v) is 1.57. The Balaban J connectivity index is 2.85. The summed E-state index contributed by atoms with van der Waals surface area (Å²) in [6.07, 6.45) is 2.12. The molecule has 1 heterocycles. The summed E-state index contributed by atoms with van der Waals surface area (Å²) in [6, 6.07) is 4.26. The van der Waals surface area contributed by atoms with Crippen molar-refractivity contribution in [2.45, 2.75) is 17.9 Å². The van der Waals surface area contributed by atoms with E-state index in [9.17, 15) is 0 Å². The molecule has 1 aromatic heterocycles. The van der Waals surface area contributed by atoms with Gasteiger partial charge in [-0.25, -0.2) is 0 Å². The van der Waals surface area contributed by atoms with E-state index >= 15 is 0 Å². The molecular weight excluding hydrogens is 225 g/mol. The van der Waals surface area contributed by atoms with E-state index in [-0.39, 0.29) is 0 Å². The molecule has 0 bridgehead atoms. The van der Waals surface area contributed by atoms with Gasteiger partial charge >= 0.3 is 0 Å². The molecule has 1 rings (SSSR count). The van der Waals surface area contributed by atoms with Crippen molar-refractivity contribution in [2.75, 3.05) is 0 Å². The molecule has 2 heteroatoms. The molecule has 0 unspecified atom stereocenters. The number of rotatable bonds is 2. The van der Waals surface area contributed by atoms with Gasteiger partial charge in [0.1, 0.15) is 0 Å². The standard InChI is InChI=1S/C7H10IN/c1-2-9-5-3-4-7(9)6-8/h3-5H,2,6H2,1H3. The van der Waals surface area contributed by atoms with Crippen molar-refractivity contribution >= 4 is 22.6 Å². The van der Waals surface area contributed by atoms with Crippen LogP contribution in [0.5, 0.6) is 0 Å². The van der Waals surface area contributed by atoms with Crippen LogP contribution >= 0.6 is 22.6 Å². The quantitative estimate of drug-likeness (QED) is 0.548. The highest BCUT2D eigenvalue weighted by atomic mass is 127. The third-order valence-electron chi connectivity index (χ3n) is 1.40. The maximum absolute atomic E-state index is 2.38. The smallest absolute Gasteiger partial charge is 0.0400 e. The Bertz CT molecular complexity index is 162. The summed E-state index contributed by atoms with van der Waals surface area (Å²) in [5.41, 5.74) is 1.41. The fourth-order valence-electron chi connectivity index (χ4n) is 0.879. The van der Waals surface area contributed by atoms with Crippen molar-refractivity contribution in [1.82, 2.24) is 4.57 Å². The predicted molar refractivity (Wildman–Crippen MR) is 47.8 cm³/mol. The minimum absolute atomic E-state index is 1.09. The number of nitrogens with zero attached hydrogens (tertiary/aromatic N) is 1. The number of hydrogen-bond donors (Lipinski definition) is 0. The van der Waals surface area contributed by atoms with E-state index in [0.717, 1.165) is 11.0 Å². The van der Waals surface area contributed by atoms with Gasteiger partial charge in [-0.15, -0.1) is 0 Å². The summed E-state index contributed by atoms with van der Waals surface area (Å²) < 4.78 is 3.37. The van der Waals surface area contributed by atoms with Crippen molar-refractivity contribution < 1.29 is 0 Å². The maximum atomic E-state index is 2.38. The molecule has 0 saturated heterocycles. The van der Waals surface area contributed by atoms with Gasteiger partial charge in [0.15, 0.2) is 0 Å². The Labute approximate surface area is 69.2 Å². The lowest BCUT2D eigenvalue weighted by Crippen LogP contribution is -1.95. The fraction of sp³-hybridized carbons (Fsp3) is 0.429. The summed E-state index contributed by atoms with van der Waals surface area (Å²) in [5, 5.41) is 0. The van der Waals surface area contributed by atoms with Crippen LogP contribution in [-0.2, 0) is 11.0 Å². The number of alkyl halides is 1. The van der Waals surface area contributed by atoms with E-state index in [2.05, 4.69) is 52.4 Å². The molecule has 0 aromatic carbocycles. The van der Waals surface area contributed by atoms with E-state index in [1.54, 1.807) is 0 Å². The Hall–Kier alpha value is 0.01000. The molecule has 0 aliphatic heterocycles. The van der Waals surface area contributed by atoms with Crippen LogP contribution in [0.25, 0.3) is 0 Å². The monoisotopic (exact) mass is 235 g/mol. The minimum atomic E-state index is 1.09. The van der Waals surface area contributed by atoms with Crippen LogP contribution in [0.2, 0.25) is 0 Å². The minimum Gasteiger partial charge on any atom is -0.351 e. The highest BCUT2D eigenvalue weighted by Crippen LogP contribution is 2.06. The first-order chi connectivity index (χ1) is 4.38. The van der Waals surface area contributed by atoms with E-state index in [1.165, 1.54) is 5.69 Å². The summed E-state index contributed by atoms with van der Waals surface area (Å²) in [4.78, 5) is 0. The molecular formula is C7H10IN. The predicted octanol–water partition coefficient (Wildman–Crippen LogP) is 2.44. The number of halogens is 1. The lowest BCUT2D eigenvalue weighted by molar-refractivity contribution is 0.741.